The maximum absolute atomic E-state index is 13.1. The maximum atomic E-state index is 13.1. The van der Waals surface area contributed by atoms with E-state index in [4.69, 9.17) is 38.1 Å². The number of nitrogens with zero attached hydrogens (tertiary/aromatic N) is 2. The molecule has 18 nitrogen and oxygen atoms in total. The summed E-state index contributed by atoms with van der Waals surface area (Å²) in [6, 6.07) is -2.48. The van der Waals surface area contributed by atoms with Gasteiger partial charge in [-0.2, -0.15) is 4.98 Å². The molecule has 1 aliphatic heterocycles. The highest BCUT2D eigenvalue weighted by Crippen LogP contribution is 2.27. The zero-order valence-electron chi connectivity index (χ0n) is 23.1. The number of anilines is 1. The van der Waals surface area contributed by atoms with Crippen LogP contribution in [-0.4, -0.2) is 122 Å². The average Bonchev–Trinajstić information content (AvgIpc) is 2.94. The van der Waals surface area contributed by atoms with Gasteiger partial charge in [0.1, 0.15) is 48.9 Å². The van der Waals surface area contributed by atoms with E-state index >= 15 is 0 Å². The van der Waals surface area contributed by atoms with Crippen LogP contribution in [0.15, 0.2) is 17.1 Å². The quantitative estimate of drug-likeness (QED) is 0.0992. The first-order valence-corrected chi connectivity index (χ1v) is 13.7. The van der Waals surface area contributed by atoms with E-state index in [1.165, 1.54) is 12.3 Å². The van der Waals surface area contributed by atoms with E-state index in [-0.39, 0.29) is 25.2 Å². The van der Waals surface area contributed by atoms with E-state index < -0.39 is 91.1 Å². The number of nitrogens with one attached hydrogen (secondary N) is 2. The molecule has 2 amide bonds. The third-order valence-corrected chi connectivity index (χ3v) is 7.42. The van der Waals surface area contributed by atoms with Crippen LogP contribution in [0.3, 0.4) is 0 Å². The van der Waals surface area contributed by atoms with Crippen LogP contribution in [0.4, 0.5) is 5.82 Å². The summed E-state index contributed by atoms with van der Waals surface area (Å²) < 4.78 is 12.5. The van der Waals surface area contributed by atoms with Gasteiger partial charge in [0.25, 0.3) is 0 Å². The zero-order chi connectivity index (χ0) is 31.1. The molecular weight excluding hydrogens is 558 g/mol. The van der Waals surface area contributed by atoms with Crippen molar-refractivity contribution in [1.82, 2.24) is 20.2 Å². The molecule has 238 valence electrons. The van der Waals surface area contributed by atoms with Crippen molar-refractivity contribution in [2.75, 3.05) is 18.8 Å². The number of hydrogen-bond acceptors (Lipinski definition) is 15. The Morgan fingerprint density at radius 2 is 1.81 bits per heavy atom. The van der Waals surface area contributed by atoms with E-state index in [1.54, 1.807) is 0 Å². The summed E-state index contributed by atoms with van der Waals surface area (Å²) in [5.74, 6) is -1.26. The maximum Gasteiger partial charge on any atom is 0.349 e. The van der Waals surface area contributed by atoms with Crippen LogP contribution in [0, 0.1) is 0 Å². The Balaban J connectivity index is 1.63. The van der Waals surface area contributed by atoms with Gasteiger partial charge in [0.15, 0.2) is 6.29 Å². The molecule has 42 heavy (non-hydrogen) atoms. The number of carbonyl (C=O) groups excluding carboxylic acids is 2. The standard InChI is InChI=1S/C24H43N9O9/c25-5-2-1-3-12(31-15(34)9-33-6-4-14(28)32-24(33)40)22(39)30-8-13-18(36)19(37)16(29)23(41-13)42-21-11(27)7-10(26)17(35)20(21)38/h4,6,10-13,16-21,23,35-38H,1-3,5,7-9,25-27,29H2,(H,30,39)(H,31,34)(H2,28,32,40)/t10-,11+,12+,13-,16-,17+,18-,19-,20-,21-,23-/m1/s1. The van der Waals surface area contributed by atoms with Crippen molar-refractivity contribution in [2.45, 2.75) is 99.3 Å². The van der Waals surface area contributed by atoms with Crippen LogP contribution >= 0.6 is 0 Å². The molecule has 3 rings (SSSR count). The number of aromatic nitrogens is 2. The molecule has 2 fully saturated rings. The predicted octanol–water partition coefficient (Wildman–Crippen LogP) is -6.51. The number of aliphatic hydroxyl groups is 4. The first-order valence-electron chi connectivity index (χ1n) is 13.7. The van der Waals surface area contributed by atoms with Crippen LogP contribution in [0.1, 0.15) is 25.7 Å². The van der Waals surface area contributed by atoms with Gasteiger partial charge in [0.2, 0.25) is 11.8 Å². The molecule has 0 radical (unpaired) electrons. The van der Waals surface area contributed by atoms with E-state index in [0.29, 0.717) is 19.4 Å². The highest BCUT2D eigenvalue weighted by molar-refractivity contribution is 5.87. The molecule has 16 N–H and O–H groups in total. The Hall–Kier alpha value is -2.78. The fourth-order valence-corrected chi connectivity index (χ4v) is 4.91. The van der Waals surface area contributed by atoms with Gasteiger partial charge in [0.05, 0.1) is 12.1 Å². The monoisotopic (exact) mass is 601 g/mol. The summed E-state index contributed by atoms with van der Waals surface area (Å²) in [7, 11) is 0. The molecule has 0 aromatic carbocycles. The fourth-order valence-electron chi connectivity index (χ4n) is 4.91. The summed E-state index contributed by atoms with van der Waals surface area (Å²) in [5.41, 5.74) is 28.1. The molecular formula is C24H43N9O9. The molecule has 2 heterocycles. The van der Waals surface area contributed by atoms with Crippen molar-refractivity contribution < 1.29 is 39.5 Å². The molecule has 0 spiro atoms. The van der Waals surface area contributed by atoms with Crippen LogP contribution in [0.25, 0.3) is 0 Å². The highest BCUT2D eigenvalue weighted by atomic mass is 16.7. The molecule has 1 saturated carbocycles. The number of nitrogens with two attached hydrogens (primary N) is 5. The van der Waals surface area contributed by atoms with Crippen molar-refractivity contribution in [3.8, 4) is 0 Å². The van der Waals surface area contributed by atoms with Gasteiger partial charge in [0, 0.05) is 24.8 Å². The number of ether oxygens (including phenoxy) is 2. The van der Waals surface area contributed by atoms with E-state index in [9.17, 15) is 34.8 Å². The third kappa shape index (κ3) is 8.40. The average molecular weight is 602 g/mol. The molecule has 1 aromatic rings. The normalized spacial score (nSPS) is 34.0. The second kappa shape index (κ2) is 15.1. The first kappa shape index (κ1) is 33.7. The minimum Gasteiger partial charge on any atom is -0.389 e. The van der Waals surface area contributed by atoms with E-state index in [1.807, 2.05) is 0 Å². The summed E-state index contributed by atoms with van der Waals surface area (Å²) >= 11 is 0. The fraction of sp³-hybridized carbons (Fsp3) is 0.750. The van der Waals surface area contributed by atoms with Gasteiger partial charge >= 0.3 is 5.69 Å². The zero-order valence-corrected chi connectivity index (χ0v) is 23.1. The Kier molecular flexibility index (Phi) is 12.1. The molecule has 1 aliphatic carbocycles. The Bertz CT molecular complexity index is 1110. The number of aliphatic hydroxyl groups excluding tert-OH is 4. The smallest absolute Gasteiger partial charge is 0.349 e. The minimum atomic E-state index is -1.54. The second-order valence-electron chi connectivity index (χ2n) is 10.7. The molecule has 18 heteroatoms. The summed E-state index contributed by atoms with van der Waals surface area (Å²) in [6.45, 7) is -0.352. The van der Waals surface area contributed by atoms with Crippen molar-refractivity contribution >= 4 is 17.6 Å². The largest absolute Gasteiger partial charge is 0.389 e. The first-order chi connectivity index (χ1) is 19.8. The number of unbranched alkanes of at least 4 members (excludes halogenated alkanes) is 1. The van der Waals surface area contributed by atoms with Gasteiger partial charge in [-0.25, -0.2) is 4.79 Å². The summed E-state index contributed by atoms with van der Waals surface area (Å²) in [4.78, 5) is 41.2. The number of hydrogen-bond donors (Lipinski definition) is 11. The van der Waals surface area contributed by atoms with Crippen LogP contribution in [-0.2, 0) is 25.6 Å². The van der Waals surface area contributed by atoms with Gasteiger partial charge < -0.3 is 69.2 Å². The van der Waals surface area contributed by atoms with Gasteiger partial charge in [-0.05, 0) is 38.3 Å². The van der Waals surface area contributed by atoms with Gasteiger partial charge in [-0.1, -0.05) is 0 Å². The predicted molar refractivity (Wildman–Crippen MR) is 147 cm³/mol. The van der Waals surface area contributed by atoms with Crippen molar-refractivity contribution in [3.05, 3.63) is 22.7 Å². The van der Waals surface area contributed by atoms with E-state index in [2.05, 4.69) is 15.6 Å². The van der Waals surface area contributed by atoms with Crippen LogP contribution < -0.4 is 45.0 Å². The lowest BCUT2D eigenvalue weighted by molar-refractivity contribution is -0.288. The lowest BCUT2D eigenvalue weighted by Crippen LogP contribution is -2.67. The highest BCUT2D eigenvalue weighted by Gasteiger charge is 2.48. The number of rotatable bonds is 12. The number of amides is 2. The topological polar surface area (TPSA) is 323 Å². The van der Waals surface area contributed by atoms with Gasteiger partial charge in [-0.3, -0.25) is 14.2 Å². The van der Waals surface area contributed by atoms with Crippen molar-refractivity contribution in [2.24, 2.45) is 22.9 Å². The molecule has 2 aliphatic rings. The Labute approximate surface area is 241 Å². The lowest BCUT2D eigenvalue weighted by Gasteiger charge is -2.46. The Morgan fingerprint density at radius 1 is 1.10 bits per heavy atom. The molecule has 0 bridgehead atoms. The Morgan fingerprint density at radius 3 is 2.48 bits per heavy atom. The van der Waals surface area contributed by atoms with Crippen LogP contribution in [0.5, 0.6) is 0 Å². The molecule has 1 aromatic heterocycles. The minimum absolute atomic E-state index is 0.00100. The van der Waals surface area contributed by atoms with Crippen molar-refractivity contribution in [3.63, 3.8) is 0 Å². The molecule has 0 unspecified atom stereocenters. The van der Waals surface area contributed by atoms with Gasteiger partial charge in [-0.15, -0.1) is 0 Å². The van der Waals surface area contributed by atoms with Crippen LogP contribution in [0.2, 0.25) is 0 Å². The van der Waals surface area contributed by atoms with E-state index in [0.717, 1.165) is 4.57 Å². The second-order valence-corrected chi connectivity index (χ2v) is 10.7. The lowest BCUT2D eigenvalue weighted by atomic mass is 9.84. The summed E-state index contributed by atoms with van der Waals surface area (Å²) in [6.07, 6.45) is -6.82. The molecule has 1 saturated heterocycles. The molecule has 11 atom stereocenters. The SMILES string of the molecule is NCCCC[C@H](NC(=O)Cn1ccc(N)nc1=O)C(=O)NC[C@H]1O[C@H](O[C@H]2[C@H](O)[C@@H](O)[C@H](N)C[C@@H]2N)[C@H](N)[C@@H](O)[C@@H]1O. The summed E-state index contributed by atoms with van der Waals surface area (Å²) in [5, 5.41) is 46.8. The van der Waals surface area contributed by atoms with Crippen molar-refractivity contribution in [1.29, 1.82) is 0 Å². The number of carbonyl (C=O) groups is 2. The number of nitrogen functional groups attached to an aromatic ring is 1. The third-order valence-electron chi connectivity index (χ3n) is 7.42.